The Bertz CT molecular complexity index is 717. The summed E-state index contributed by atoms with van der Waals surface area (Å²) in [6.45, 7) is 10.8. The molecule has 0 aliphatic heterocycles. The Morgan fingerprint density at radius 2 is 1.96 bits per heavy atom. The molecule has 0 spiro atoms. The van der Waals surface area contributed by atoms with Crippen LogP contribution in [-0.4, -0.2) is 39.7 Å². The summed E-state index contributed by atoms with van der Waals surface area (Å²) in [5.74, 6) is 0.700. The van der Waals surface area contributed by atoms with Gasteiger partial charge in [-0.25, -0.2) is 8.42 Å². The van der Waals surface area contributed by atoms with E-state index in [0.29, 0.717) is 18.0 Å². The Morgan fingerprint density at radius 3 is 2.44 bits per heavy atom. The summed E-state index contributed by atoms with van der Waals surface area (Å²) in [4.78, 5) is 10.6. The highest BCUT2D eigenvalue weighted by atomic mass is 79.9. The minimum atomic E-state index is -3.41. The molecule has 0 fully saturated rings. The predicted molar refractivity (Wildman–Crippen MR) is 120 cm³/mol. The fourth-order valence-electron chi connectivity index (χ4n) is 2.66. The fourth-order valence-corrected chi connectivity index (χ4v) is 4.57. The zero-order chi connectivity index (χ0) is 20.9. The first kappa shape index (κ1) is 24.5. The van der Waals surface area contributed by atoms with Gasteiger partial charge in [-0.1, -0.05) is 49.2 Å². The maximum Gasteiger partial charge on any atom is 0.229 e. The number of unbranched alkanes of at least 4 members (excludes halogenated alkanes) is 1. The highest BCUT2D eigenvalue weighted by Gasteiger charge is 2.39. The molecule has 1 aromatic carbocycles. The quantitative estimate of drug-likeness (QED) is 0.263. The smallest absolute Gasteiger partial charge is 0.229 e. The molecule has 0 heterocycles. The van der Waals surface area contributed by atoms with Crippen LogP contribution >= 0.6 is 15.9 Å². The summed E-state index contributed by atoms with van der Waals surface area (Å²) in [5, 5.41) is 0.557. The molecule has 1 atom stereocenters. The van der Waals surface area contributed by atoms with Gasteiger partial charge >= 0.3 is 0 Å². The molecule has 0 aliphatic rings. The van der Waals surface area contributed by atoms with Crippen LogP contribution in [0.2, 0.25) is 18.1 Å². The number of hydrogen-bond donors (Lipinski definition) is 2. The van der Waals surface area contributed by atoms with Gasteiger partial charge in [0.05, 0.1) is 18.6 Å². The third kappa shape index (κ3) is 7.75. The van der Waals surface area contributed by atoms with Gasteiger partial charge in [0.15, 0.2) is 8.32 Å². The second-order valence-electron chi connectivity index (χ2n) is 8.33. The van der Waals surface area contributed by atoms with E-state index in [-0.39, 0.29) is 11.0 Å². The van der Waals surface area contributed by atoms with Crippen LogP contribution < -0.4 is 9.46 Å². The van der Waals surface area contributed by atoms with Crippen LogP contribution in [0.15, 0.2) is 18.2 Å². The number of nitrogens with one attached hydrogen (secondary N) is 1. The van der Waals surface area contributed by atoms with Gasteiger partial charge in [0.2, 0.25) is 10.0 Å². The number of rotatable bonds is 11. The number of sulfonamides is 1. The number of alkyl halides is 1. The van der Waals surface area contributed by atoms with Crippen molar-refractivity contribution in [1.29, 1.82) is 0 Å². The number of anilines is 1. The van der Waals surface area contributed by atoms with Crippen molar-refractivity contribution in [2.75, 3.05) is 22.9 Å². The number of ether oxygens (including phenoxy) is 1. The molecule has 0 amide bonds. The van der Waals surface area contributed by atoms with Gasteiger partial charge in [-0.3, -0.25) is 4.72 Å². The lowest BCUT2D eigenvalue weighted by Gasteiger charge is -2.37. The van der Waals surface area contributed by atoms with Gasteiger partial charge in [-0.2, -0.15) is 0 Å². The van der Waals surface area contributed by atoms with Gasteiger partial charge in [0, 0.05) is 5.33 Å². The molecule has 0 aliphatic carbocycles. The molecule has 0 radical (unpaired) electrons. The maximum absolute atomic E-state index is 11.8. The van der Waals surface area contributed by atoms with Gasteiger partial charge in [-0.05, 0) is 54.6 Å². The molecule has 0 saturated carbocycles. The second kappa shape index (κ2) is 9.76. The third-order valence-corrected chi connectivity index (χ3v) is 10.0. The molecule has 8 heteroatoms. The topological polar surface area (TPSA) is 75.6 Å². The largest absolute Gasteiger partial charge is 0.491 e. The van der Waals surface area contributed by atoms with E-state index in [1.165, 1.54) is 0 Å². The van der Waals surface area contributed by atoms with E-state index in [0.717, 1.165) is 36.4 Å². The Morgan fingerprint density at radius 1 is 1.33 bits per heavy atom. The Kier molecular flexibility index (Phi) is 8.84. The second-order valence-corrected chi connectivity index (χ2v) is 15.2. The van der Waals surface area contributed by atoms with Crippen LogP contribution in [0.5, 0.6) is 5.75 Å². The third-order valence-electron chi connectivity index (χ3n) is 5.13. The normalized spacial score (nSPS) is 14.1. The van der Waals surface area contributed by atoms with E-state index in [9.17, 15) is 13.2 Å². The molecule has 0 aromatic heterocycles. The van der Waals surface area contributed by atoms with E-state index in [2.05, 4.69) is 41.4 Å². The molecule has 1 rings (SSSR count). The summed E-state index contributed by atoms with van der Waals surface area (Å²) in [7, 11) is -5.75. The van der Waals surface area contributed by atoms with Crippen LogP contribution in [0.25, 0.3) is 0 Å². The van der Waals surface area contributed by atoms with Crippen LogP contribution in [0, 0.1) is 0 Å². The number of hydrogen-bond acceptors (Lipinski definition) is 4. The molecule has 5 nitrogen and oxygen atoms in total. The first-order valence-corrected chi connectivity index (χ1v) is 15.3. The summed E-state index contributed by atoms with van der Waals surface area (Å²) in [6, 6.07) is 5.68. The van der Waals surface area contributed by atoms with Crippen molar-refractivity contribution in [1.82, 2.24) is 0 Å². The van der Waals surface area contributed by atoms with Crippen LogP contribution in [-0.2, 0) is 10.0 Å². The van der Waals surface area contributed by atoms with Gasteiger partial charge in [0.1, 0.15) is 5.75 Å². The van der Waals surface area contributed by atoms with E-state index < -0.39 is 18.3 Å². The molecule has 0 saturated heterocycles. The highest BCUT2D eigenvalue weighted by Crippen LogP contribution is 2.45. The van der Waals surface area contributed by atoms with Crippen molar-refractivity contribution >= 4 is 40.0 Å². The van der Waals surface area contributed by atoms with E-state index in [1.54, 1.807) is 0 Å². The molecule has 156 valence electrons. The summed E-state index contributed by atoms with van der Waals surface area (Å²) in [6.07, 6.45) is 3.87. The van der Waals surface area contributed by atoms with Crippen molar-refractivity contribution in [3.8, 4) is 5.75 Å². The SMILES string of the molecule is CCCCOc1ccc([C@H](CBr)CC(C)(C)[Si](C)(C)O)cc1NS(C)(=O)=O. The monoisotopic (exact) mass is 479 g/mol. The van der Waals surface area contributed by atoms with Gasteiger partial charge < -0.3 is 9.53 Å². The minimum absolute atomic E-state index is 0.156. The minimum Gasteiger partial charge on any atom is -0.491 e. The summed E-state index contributed by atoms with van der Waals surface area (Å²) >= 11 is 3.59. The Hall–Kier alpha value is -0.573. The van der Waals surface area contributed by atoms with Crippen LogP contribution in [0.1, 0.15) is 51.5 Å². The average molecular weight is 481 g/mol. The lowest BCUT2D eigenvalue weighted by molar-refractivity contribution is 0.311. The fraction of sp³-hybridized carbons (Fsp3) is 0.684. The Balaban J connectivity index is 3.20. The lowest BCUT2D eigenvalue weighted by atomic mass is 9.91. The molecule has 0 bridgehead atoms. The zero-order valence-electron chi connectivity index (χ0n) is 17.3. The average Bonchev–Trinajstić information content (AvgIpc) is 2.51. The number of halogens is 1. The lowest BCUT2D eigenvalue weighted by Crippen LogP contribution is -2.40. The van der Waals surface area contributed by atoms with Gasteiger partial charge in [0.25, 0.3) is 0 Å². The van der Waals surface area contributed by atoms with E-state index in [4.69, 9.17) is 4.74 Å². The molecule has 0 unspecified atom stereocenters. The standard InChI is InChI=1S/C19H34BrNO4SSi/c1-7-8-11-25-18-10-9-15(12-17(18)21-26(4,22)23)16(14-20)13-19(2,3)27(5,6)24/h9-10,12,16,21,24H,7-8,11,13-14H2,1-6H3/t16-/m0/s1. The van der Waals surface area contributed by atoms with E-state index in [1.807, 2.05) is 31.3 Å². The Labute approximate surface area is 174 Å². The van der Waals surface area contributed by atoms with Crippen molar-refractivity contribution in [2.45, 2.75) is 64.1 Å². The van der Waals surface area contributed by atoms with Crippen molar-refractivity contribution in [3.05, 3.63) is 23.8 Å². The predicted octanol–water partition coefficient (Wildman–Crippen LogP) is 5.08. The van der Waals surface area contributed by atoms with Crippen LogP contribution in [0.3, 0.4) is 0 Å². The van der Waals surface area contributed by atoms with Gasteiger partial charge in [-0.15, -0.1) is 0 Å². The summed E-state index contributed by atoms with van der Waals surface area (Å²) in [5.41, 5.74) is 1.49. The van der Waals surface area contributed by atoms with E-state index >= 15 is 0 Å². The molecular formula is C19H34BrNO4SSi. The highest BCUT2D eigenvalue weighted by molar-refractivity contribution is 9.09. The van der Waals surface area contributed by atoms with Crippen molar-refractivity contribution < 1.29 is 18.0 Å². The zero-order valence-corrected chi connectivity index (χ0v) is 20.7. The van der Waals surface area contributed by atoms with Crippen LogP contribution in [0.4, 0.5) is 5.69 Å². The summed E-state index contributed by atoms with van der Waals surface area (Å²) < 4.78 is 31.9. The first-order chi connectivity index (χ1) is 12.3. The first-order valence-electron chi connectivity index (χ1n) is 9.33. The maximum atomic E-state index is 11.8. The number of benzene rings is 1. The molecule has 2 N–H and O–H groups in total. The molecule has 1 aromatic rings. The molecule has 27 heavy (non-hydrogen) atoms. The van der Waals surface area contributed by atoms with Crippen molar-refractivity contribution in [2.24, 2.45) is 0 Å². The van der Waals surface area contributed by atoms with Crippen molar-refractivity contribution in [3.63, 3.8) is 0 Å². The molecular weight excluding hydrogens is 446 g/mol.